The zero-order valence-corrected chi connectivity index (χ0v) is 10.6. The summed E-state index contributed by atoms with van der Waals surface area (Å²) in [5.74, 6) is -0.0590. The van der Waals surface area contributed by atoms with Gasteiger partial charge in [0.25, 0.3) is 5.91 Å². The molecule has 0 atom stereocenters. The number of imidazole rings is 1. The van der Waals surface area contributed by atoms with E-state index >= 15 is 0 Å². The second-order valence-corrected chi connectivity index (χ2v) is 4.68. The molecule has 0 saturated carbocycles. The minimum atomic E-state index is -0.0590. The second-order valence-electron chi connectivity index (χ2n) is 4.68. The maximum Gasteiger partial charge on any atom is 0.256 e. The van der Waals surface area contributed by atoms with Crippen LogP contribution in [-0.4, -0.2) is 15.5 Å². The number of carbonyl (C=O) groups excluding carboxylic acids is 1. The van der Waals surface area contributed by atoms with Crippen molar-refractivity contribution in [2.45, 2.75) is 0 Å². The molecular formula is C16H11N3O. The van der Waals surface area contributed by atoms with E-state index in [0.29, 0.717) is 5.56 Å². The molecule has 2 aromatic carbocycles. The molecule has 20 heavy (non-hydrogen) atoms. The molecule has 1 amide bonds. The molecule has 0 fully saturated rings. The van der Waals surface area contributed by atoms with Crippen molar-refractivity contribution in [3.8, 4) is 0 Å². The number of nitrogens with one attached hydrogen (secondary N) is 1. The van der Waals surface area contributed by atoms with Gasteiger partial charge in [0.15, 0.2) is 0 Å². The van der Waals surface area contributed by atoms with Crippen LogP contribution in [0.2, 0.25) is 0 Å². The smallest absolute Gasteiger partial charge is 0.256 e. The van der Waals surface area contributed by atoms with Crippen LogP contribution >= 0.6 is 0 Å². The summed E-state index contributed by atoms with van der Waals surface area (Å²) in [6.07, 6.45) is 3.66. The van der Waals surface area contributed by atoms with Crippen LogP contribution in [-0.2, 0) is 0 Å². The molecule has 0 aliphatic carbocycles. The Labute approximate surface area is 115 Å². The number of carbonyl (C=O) groups is 1. The highest BCUT2D eigenvalue weighted by Crippen LogP contribution is 2.25. The Balaban J connectivity index is 1.88. The summed E-state index contributed by atoms with van der Waals surface area (Å²) in [6, 6.07) is 15.5. The zero-order chi connectivity index (χ0) is 13.5. The van der Waals surface area contributed by atoms with Gasteiger partial charge in [-0.3, -0.25) is 4.79 Å². The second kappa shape index (κ2) is 4.06. The first-order chi connectivity index (χ1) is 9.83. The highest BCUT2D eigenvalue weighted by Gasteiger charge is 2.22. The first-order valence-corrected chi connectivity index (χ1v) is 6.37. The topological polar surface area (TPSA) is 46.9 Å². The van der Waals surface area contributed by atoms with Gasteiger partial charge >= 0.3 is 0 Å². The maximum absolute atomic E-state index is 11.9. The van der Waals surface area contributed by atoms with E-state index < -0.39 is 0 Å². The summed E-state index contributed by atoms with van der Waals surface area (Å²) in [5, 5.41) is 2.90. The largest absolute Gasteiger partial charge is 0.320 e. The van der Waals surface area contributed by atoms with E-state index in [4.69, 9.17) is 0 Å². The Morgan fingerprint density at radius 2 is 1.75 bits per heavy atom. The van der Waals surface area contributed by atoms with Crippen molar-refractivity contribution in [3.05, 3.63) is 66.0 Å². The van der Waals surface area contributed by atoms with E-state index in [2.05, 4.69) is 10.3 Å². The molecular weight excluding hydrogens is 250 g/mol. The molecule has 4 rings (SSSR count). The van der Waals surface area contributed by atoms with Crippen LogP contribution in [0.15, 0.2) is 54.9 Å². The first kappa shape index (κ1) is 11.0. The Bertz CT molecular complexity index is 861. The summed E-state index contributed by atoms with van der Waals surface area (Å²) in [4.78, 5) is 16.2. The summed E-state index contributed by atoms with van der Waals surface area (Å²) in [7, 11) is 0. The molecule has 0 radical (unpaired) electrons. The molecule has 0 unspecified atom stereocenters. The van der Waals surface area contributed by atoms with Crippen molar-refractivity contribution in [1.29, 1.82) is 0 Å². The van der Waals surface area contributed by atoms with E-state index in [-0.39, 0.29) is 5.91 Å². The lowest BCUT2D eigenvalue weighted by Crippen LogP contribution is -2.12. The molecule has 1 N–H and O–H groups in total. The van der Waals surface area contributed by atoms with Crippen LogP contribution in [0.1, 0.15) is 15.9 Å². The predicted molar refractivity (Wildman–Crippen MR) is 77.8 cm³/mol. The van der Waals surface area contributed by atoms with E-state index in [1.807, 2.05) is 59.3 Å². The molecule has 3 aromatic rings. The van der Waals surface area contributed by atoms with E-state index in [0.717, 1.165) is 22.3 Å². The lowest BCUT2D eigenvalue weighted by Gasteiger charge is -2.01. The summed E-state index contributed by atoms with van der Waals surface area (Å²) < 4.78 is 1.92. The van der Waals surface area contributed by atoms with Crippen molar-refractivity contribution in [2.24, 2.45) is 0 Å². The standard InChI is InChI=1S/C16H11N3O/c20-16-12-6-2-1-5-11(12)14(18-16)9-19-10-17-13-7-3-4-8-15(13)19/h1-10H,(H,18,20). The van der Waals surface area contributed by atoms with E-state index in [9.17, 15) is 4.79 Å². The van der Waals surface area contributed by atoms with Crippen LogP contribution in [0.4, 0.5) is 0 Å². The van der Waals surface area contributed by atoms with Crippen LogP contribution in [0, 0.1) is 0 Å². The highest BCUT2D eigenvalue weighted by atomic mass is 16.1. The summed E-state index contributed by atoms with van der Waals surface area (Å²) in [5.41, 5.74) is 4.38. The van der Waals surface area contributed by atoms with E-state index in [1.165, 1.54) is 0 Å². The van der Waals surface area contributed by atoms with Crippen molar-refractivity contribution in [2.75, 3.05) is 0 Å². The first-order valence-electron chi connectivity index (χ1n) is 6.37. The van der Waals surface area contributed by atoms with E-state index in [1.54, 1.807) is 6.33 Å². The predicted octanol–water partition coefficient (Wildman–Crippen LogP) is 2.74. The Morgan fingerprint density at radius 1 is 1.00 bits per heavy atom. The Kier molecular flexibility index (Phi) is 2.23. The average Bonchev–Trinajstić information content (AvgIpc) is 3.03. The Morgan fingerprint density at radius 3 is 2.65 bits per heavy atom. The molecule has 1 aromatic heterocycles. The number of hydrogen-bond acceptors (Lipinski definition) is 2. The fourth-order valence-electron chi connectivity index (χ4n) is 2.50. The number of aromatic nitrogens is 2. The highest BCUT2D eigenvalue weighted by molar-refractivity contribution is 6.11. The van der Waals surface area contributed by atoms with Crippen molar-refractivity contribution in [1.82, 2.24) is 14.9 Å². The zero-order valence-electron chi connectivity index (χ0n) is 10.6. The third-order valence-corrected chi connectivity index (χ3v) is 3.46. The molecule has 1 aliphatic heterocycles. The molecule has 0 saturated heterocycles. The number of benzene rings is 2. The number of nitrogens with zero attached hydrogens (tertiary/aromatic N) is 2. The number of rotatable bonds is 1. The SMILES string of the molecule is O=C1NC(=Cn2cnc3ccccc32)c2ccccc21. The van der Waals surface area contributed by atoms with Gasteiger partial charge in [-0.15, -0.1) is 0 Å². The third-order valence-electron chi connectivity index (χ3n) is 3.46. The van der Waals surface area contributed by atoms with Gasteiger partial charge in [-0.25, -0.2) is 4.98 Å². The number of amides is 1. The van der Waals surface area contributed by atoms with Crippen molar-refractivity contribution in [3.63, 3.8) is 0 Å². The molecule has 1 aliphatic rings. The summed E-state index contributed by atoms with van der Waals surface area (Å²) in [6.45, 7) is 0. The fraction of sp³-hybridized carbons (Fsp3) is 0. The minimum absolute atomic E-state index is 0.0590. The quantitative estimate of drug-likeness (QED) is 0.732. The van der Waals surface area contributed by atoms with Gasteiger partial charge in [0.2, 0.25) is 0 Å². The van der Waals surface area contributed by atoms with Crippen molar-refractivity contribution < 1.29 is 4.79 Å². The maximum atomic E-state index is 11.9. The van der Waals surface area contributed by atoms with Crippen LogP contribution in [0.5, 0.6) is 0 Å². The molecule has 0 spiro atoms. The monoisotopic (exact) mass is 261 g/mol. The molecule has 2 heterocycles. The van der Waals surface area contributed by atoms with Crippen LogP contribution in [0.3, 0.4) is 0 Å². The van der Waals surface area contributed by atoms with Gasteiger partial charge in [0.05, 0.1) is 23.1 Å². The number of hydrogen-bond donors (Lipinski definition) is 1. The lowest BCUT2D eigenvalue weighted by molar-refractivity contribution is 0.0981. The molecule has 96 valence electrons. The van der Waals surface area contributed by atoms with Crippen LogP contribution in [0.25, 0.3) is 22.9 Å². The number of para-hydroxylation sites is 2. The molecule has 0 bridgehead atoms. The van der Waals surface area contributed by atoms with Gasteiger partial charge in [0, 0.05) is 17.3 Å². The van der Waals surface area contributed by atoms with Gasteiger partial charge in [-0.2, -0.15) is 0 Å². The van der Waals surface area contributed by atoms with Gasteiger partial charge < -0.3 is 9.88 Å². The van der Waals surface area contributed by atoms with Gasteiger partial charge in [-0.1, -0.05) is 30.3 Å². The van der Waals surface area contributed by atoms with Crippen LogP contribution < -0.4 is 5.32 Å². The lowest BCUT2D eigenvalue weighted by atomic mass is 10.1. The summed E-state index contributed by atoms with van der Waals surface area (Å²) >= 11 is 0. The average molecular weight is 261 g/mol. The van der Waals surface area contributed by atoms with Gasteiger partial charge in [-0.05, 0) is 18.2 Å². The fourth-order valence-corrected chi connectivity index (χ4v) is 2.50. The third kappa shape index (κ3) is 1.55. The van der Waals surface area contributed by atoms with Gasteiger partial charge in [0.1, 0.15) is 0 Å². The Hall–Kier alpha value is -2.88. The molecule has 4 nitrogen and oxygen atoms in total. The number of fused-ring (bicyclic) bond motifs is 2. The normalized spacial score (nSPS) is 15.6. The molecule has 4 heteroatoms. The van der Waals surface area contributed by atoms with Crippen molar-refractivity contribution >= 4 is 28.8 Å². The minimum Gasteiger partial charge on any atom is -0.320 e.